The van der Waals surface area contributed by atoms with E-state index in [1.54, 1.807) is 0 Å². The summed E-state index contributed by atoms with van der Waals surface area (Å²) in [5, 5.41) is 0. The van der Waals surface area contributed by atoms with E-state index in [1.807, 2.05) is 27.7 Å². The molecule has 0 fully saturated rings. The van der Waals surface area contributed by atoms with Gasteiger partial charge in [0.15, 0.2) is 16.6 Å². The Kier molecular flexibility index (Phi) is 22.9. The smallest absolute Gasteiger partial charge is 0.672 e. The first-order valence-electron chi connectivity index (χ1n) is 13.4. The van der Waals surface area contributed by atoms with E-state index in [0.717, 1.165) is 12.1 Å². The molecule has 0 radical (unpaired) electrons. The molecule has 0 heterocycles. The van der Waals surface area contributed by atoms with Gasteiger partial charge in [-0.05, 0) is 79.8 Å². The molecular weight excluding hydrogens is 600 g/mol. The van der Waals surface area contributed by atoms with Gasteiger partial charge in [0, 0.05) is 11.2 Å². The quantitative estimate of drug-likeness (QED) is 0.209. The Morgan fingerprint density at radius 1 is 0.486 bits per heavy atom. The molecule has 2 N–H and O–H groups in total. The van der Waals surface area contributed by atoms with Crippen LogP contribution >= 0.6 is 0 Å². The van der Waals surface area contributed by atoms with Crippen molar-refractivity contribution in [1.82, 2.24) is 0 Å². The largest absolute Gasteiger partial charge is 4.00 e. The maximum absolute atomic E-state index is 7.85. The van der Waals surface area contributed by atoms with Crippen molar-refractivity contribution in [2.75, 3.05) is 0 Å². The monoisotopic (exact) mass is 668 g/mol. The average Bonchev–Trinajstić information content (AvgIpc) is 2.19. The van der Waals surface area contributed by atoms with Gasteiger partial charge in [0.05, 0.1) is 0 Å². The summed E-state index contributed by atoms with van der Waals surface area (Å²) in [5.74, 6) is 0. The molecule has 0 aromatic heterocycles. The van der Waals surface area contributed by atoms with Gasteiger partial charge in [0.2, 0.25) is 0 Å². The van der Waals surface area contributed by atoms with Gasteiger partial charge in [0.1, 0.15) is 0 Å². The van der Waals surface area contributed by atoms with Crippen LogP contribution in [-0.2, 0) is 35.1 Å². The molecule has 0 saturated carbocycles. The van der Waals surface area contributed by atoms with Crippen molar-refractivity contribution < 1.29 is 35.1 Å². The molecule has 0 atom stereocenters. The summed E-state index contributed by atoms with van der Waals surface area (Å²) < 4.78 is 12.0. The third kappa shape index (κ3) is 72.7. The van der Waals surface area contributed by atoms with E-state index >= 15 is 0 Å². The summed E-state index contributed by atoms with van der Waals surface area (Å²) in [7, 11) is -5.05. The standard InChI is InChI=1S/2C10H24NOSi.2C4H11Si.Zr/c2*1-9(2,3)12-13(6,7)8-10(4,5)11;2*1-5(2,3)4;/h2*11H,8H2,1-7H3;2*1H2,2-4H3;/q4*-1;+4. The van der Waals surface area contributed by atoms with Gasteiger partial charge in [-0.15, -0.1) is 27.2 Å². The minimum absolute atomic E-state index is 0. The van der Waals surface area contributed by atoms with E-state index in [1.165, 1.54) is 0 Å². The van der Waals surface area contributed by atoms with Crippen LogP contribution < -0.4 is 0 Å². The van der Waals surface area contributed by atoms with Crippen LogP contribution in [0.4, 0.5) is 0 Å². The molecule has 0 saturated heterocycles. The van der Waals surface area contributed by atoms with Crippen LogP contribution in [0.25, 0.3) is 11.5 Å². The Hall–Kier alpha value is 1.59. The zero-order chi connectivity index (χ0) is 30.8. The molecule has 37 heavy (non-hydrogen) atoms. The van der Waals surface area contributed by atoms with E-state index in [-0.39, 0.29) is 48.5 Å². The van der Waals surface area contributed by atoms with Crippen LogP contribution in [0.1, 0.15) is 69.2 Å². The van der Waals surface area contributed by atoms with Gasteiger partial charge in [-0.25, -0.2) is 0 Å². The average molecular weight is 670 g/mol. The first-order chi connectivity index (χ1) is 14.8. The van der Waals surface area contributed by atoms with Crippen LogP contribution in [0.5, 0.6) is 0 Å². The fourth-order valence-corrected chi connectivity index (χ4v) is 11.6. The molecule has 9 heteroatoms. The zero-order valence-corrected chi connectivity index (χ0v) is 35.6. The van der Waals surface area contributed by atoms with E-state index in [9.17, 15) is 0 Å². The van der Waals surface area contributed by atoms with Crippen LogP contribution in [0, 0.1) is 13.1 Å². The SMILES string of the molecule is CC(C)([NH-])C[Si](C)(C)OC(C)(C)C.CC(C)([NH-])C[Si](C)(C)OC(C)(C)C.[CH2-][Si](C)(C)C.[CH2-][Si](C)(C)C.[Zr+4]. The van der Waals surface area contributed by atoms with Gasteiger partial charge in [-0.1, -0.05) is 67.0 Å². The second-order valence-electron chi connectivity index (χ2n) is 17.2. The van der Waals surface area contributed by atoms with Crippen molar-refractivity contribution in [3.63, 3.8) is 0 Å². The fraction of sp³-hybridized carbons (Fsp3) is 0.929. The van der Waals surface area contributed by atoms with Crippen molar-refractivity contribution in [2.24, 2.45) is 0 Å². The second-order valence-corrected chi connectivity index (χ2v) is 35.6. The maximum Gasteiger partial charge on any atom is 4.00 e. The minimum Gasteiger partial charge on any atom is -0.672 e. The van der Waals surface area contributed by atoms with Crippen molar-refractivity contribution in [3.8, 4) is 0 Å². The van der Waals surface area contributed by atoms with Crippen LogP contribution in [-0.4, -0.2) is 55.1 Å². The van der Waals surface area contributed by atoms with Gasteiger partial charge in [0.25, 0.3) is 0 Å². The first kappa shape index (κ1) is 48.3. The van der Waals surface area contributed by atoms with Gasteiger partial charge >= 0.3 is 26.2 Å². The molecule has 0 rings (SSSR count). The predicted molar refractivity (Wildman–Crippen MR) is 180 cm³/mol. The third-order valence-electron chi connectivity index (χ3n) is 2.90. The van der Waals surface area contributed by atoms with Gasteiger partial charge in [-0.2, -0.15) is 0 Å². The van der Waals surface area contributed by atoms with E-state index in [4.69, 9.17) is 20.3 Å². The molecule has 0 aliphatic heterocycles. The predicted octanol–water partition coefficient (Wildman–Crippen LogP) is 11.1. The zero-order valence-electron chi connectivity index (χ0n) is 29.1. The van der Waals surface area contributed by atoms with Crippen LogP contribution in [0.2, 0.25) is 77.6 Å². The van der Waals surface area contributed by atoms with Gasteiger partial charge < -0.3 is 33.4 Å². The Bertz CT molecular complexity index is 474. The number of rotatable bonds is 6. The summed E-state index contributed by atoms with van der Waals surface area (Å²) in [6.45, 7) is 50.2. The molecule has 0 bridgehead atoms. The summed E-state index contributed by atoms with van der Waals surface area (Å²) in [4.78, 5) is 0. The summed E-state index contributed by atoms with van der Waals surface area (Å²) in [6, 6.07) is 1.77. The molecule has 0 aliphatic carbocycles. The Balaban J connectivity index is -0.000000133. The Morgan fingerprint density at radius 2 is 0.622 bits per heavy atom. The second kappa shape index (κ2) is 17.5. The Morgan fingerprint density at radius 3 is 0.703 bits per heavy atom. The van der Waals surface area contributed by atoms with Crippen molar-refractivity contribution in [1.29, 1.82) is 0 Å². The van der Waals surface area contributed by atoms with Crippen molar-refractivity contribution in [3.05, 3.63) is 24.6 Å². The maximum atomic E-state index is 7.85. The van der Waals surface area contributed by atoms with Crippen LogP contribution in [0.3, 0.4) is 0 Å². The molecule has 0 unspecified atom stereocenters. The van der Waals surface area contributed by atoms with E-state index < -0.39 is 32.8 Å². The summed E-state index contributed by atoms with van der Waals surface area (Å²) in [5.41, 5.74) is 14.8. The molecule has 0 spiro atoms. The molecule has 0 aromatic carbocycles. The van der Waals surface area contributed by atoms with Crippen molar-refractivity contribution in [2.45, 2.75) is 169 Å². The molecule has 0 aliphatic rings. The van der Waals surface area contributed by atoms with Crippen LogP contribution in [0.15, 0.2) is 0 Å². The number of hydrogen-bond acceptors (Lipinski definition) is 2. The fourth-order valence-electron chi connectivity index (χ4n) is 3.86. The third-order valence-corrected chi connectivity index (χ3v) is 8.70. The molecule has 4 nitrogen and oxygen atoms in total. The number of hydrogen-bond donors (Lipinski definition) is 0. The summed E-state index contributed by atoms with van der Waals surface area (Å²) >= 11 is 0. The molecular formula is C28H70N2O2Si4Zr. The summed E-state index contributed by atoms with van der Waals surface area (Å²) in [6.07, 6.45) is 0. The Labute approximate surface area is 260 Å². The molecule has 0 aromatic rings. The minimum atomic E-state index is -1.66. The van der Waals surface area contributed by atoms with E-state index in [0.29, 0.717) is 0 Å². The van der Waals surface area contributed by atoms with E-state index in [2.05, 4.69) is 120 Å². The topological polar surface area (TPSA) is 66.1 Å². The number of nitrogens with one attached hydrogen (secondary N) is 2. The van der Waals surface area contributed by atoms with Crippen molar-refractivity contribution >= 4 is 32.8 Å². The normalized spacial score (nSPS) is 13.6. The molecule has 0 amide bonds. The molecule has 224 valence electrons. The first-order valence-corrected chi connectivity index (χ1v) is 27.1. The van der Waals surface area contributed by atoms with Gasteiger partial charge in [-0.3, -0.25) is 0 Å².